The monoisotopic (exact) mass is 356 g/mol. The molecule has 0 saturated heterocycles. The van der Waals surface area contributed by atoms with Gasteiger partial charge in [-0.3, -0.25) is 0 Å². The quantitative estimate of drug-likeness (QED) is 0.831. The van der Waals surface area contributed by atoms with Crippen LogP contribution in [0.4, 0.5) is 15.3 Å². The number of carbonyl (C=O) groups is 2. The van der Waals surface area contributed by atoms with Crippen LogP contribution in [0.5, 0.6) is 0 Å². The van der Waals surface area contributed by atoms with E-state index in [4.69, 9.17) is 4.74 Å². The van der Waals surface area contributed by atoms with Crippen LogP contribution in [0.25, 0.3) is 0 Å². The van der Waals surface area contributed by atoms with Crippen molar-refractivity contribution in [3.63, 3.8) is 0 Å². The van der Waals surface area contributed by atoms with E-state index in [9.17, 15) is 9.59 Å². The zero-order chi connectivity index (χ0) is 19.3. The van der Waals surface area contributed by atoms with Crippen LogP contribution in [0.15, 0.2) is 36.4 Å². The molecule has 0 aromatic heterocycles. The molecule has 2 aromatic rings. The standard InChI is InChI=1S/C20H24N2O4/c1-13-6-14(2)9-17(8-13)12-26-20(24)22(21-19(23)25-5)18-10-15(3)7-16(4)11-18/h6-11H,12H2,1-5H3,(H,21,23). The minimum atomic E-state index is -0.757. The van der Waals surface area contributed by atoms with Gasteiger partial charge in [0.15, 0.2) is 0 Å². The lowest BCUT2D eigenvalue weighted by molar-refractivity contribution is 0.138. The third kappa shape index (κ3) is 5.24. The molecule has 6 nitrogen and oxygen atoms in total. The van der Waals surface area contributed by atoms with Crippen molar-refractivity contribution in [3.05, 3.63) is 64.2 Å². The SMILES string of the molecule is COC(=O)NN(C(=O)OCc1cc(C)cc(C)c1)c1cc(C)cc(C)c1. The highest BCUT2D eigenvalue weighted by molar-refractivity contribution is 5.90. The molecule has 0 unspecified atom stereocenters. The van der Waals surface area contributed by atoms with E-state index in [1.54, 1.807) is 12.1 Å². The molecule has 0 radical (unpaired) electrons. The summed E-state index contributed by atoms with van der Waals surface area (Å²) in [6.45, 7) is 7.89. The number of anilines is 1. The zero-order valence-electron chi connectivity index (χ0n) is 15.8. The Bertz CT molecular complexity index is 777. The molecule has 0 bridgehead atoms. The molecule has 138 valence electrons. The first kappa shape index (κ1) is 19.3. The van der Waals surface area contributed by atoms with Gasteiger partial charge in [0.1, 0.15) is 6.61 Å². The van der Waals surface area contributed by atoms with Gasteiger partial charge in [0.05, 0.1) is 12.8 Å². The number of rotatable bonds is 3. The summed E-state index contributed by atoms with van der Waals surface area (Å²) in [5.41, 5.74) is 7.88. The van der Waals surface area contributed by atoms with E-state index in [0.717, 1.165) is 32.8 Å². The molecular formula is C20H24N2O4. The van der Waals surface area contributed by atoms with Crippen molar-refractivity contribution in [1.82, 2.24) is 5.43 Å². The first-order valence-corrected chi connectivity index (χ1v) is 8.25. The van der Waals surface area contributed by atoms with Crippen molar-refractivity contribution in [2.24, 2.45) is 0 Å². The van der Waals surface area contributed by atoms with Gasteiger partial charge < -0.3 is 9.47 Å². The topological polar surface area (TPSA) is 67.9 Å². The number of nitrogens with one attached hydrogen (secondary N) is 1. The smallest absolute Gasteiger partial charge is 0.433 e. The van der Waals surface area contributed by atoms with Gasteiger partial charge in [-0.15, -0.1) is 0 Å². The maximum absolute atomic E-state index is 12.6. The van der Waals surface area contributed by atoms with Gasteiger partial charge in [0.25, 0.3) is 0 Å². The van der Waals surface area contributed by atoms with E-state index in [1.165, 1.54) is 7.11 Å². The third-order valence-corrected chi connectivity index (χ3v) is 3.68. The largest absolute Gasteiger partial charge is 0.452 e. The molecule has 0 fully saturated rings. The normalized spacial score (nSPS) is 10.2. The summed E-state index contributed by atoms with van der Waals surface area (Å²) in [7, 11) is 1.23. The number of nitrogens with zero attached hydrogens (tertiary/aromatic N) is 1. The number of aryl methyl sites for hydroxylation is 4. The molecule has 6 heteroatoms. The number of hydrogen-bond donors (Lipinski definition) is 1. The average molecular weight is 356 g/mol. The number of hydrazine groups is 1. The molecule has 26 heavy (non-hydrogen) atoms. The Hall–Kier alpha value is -3.02. The highest BCUT2D eigenvalue weighted by atomic mass is 16.6. The summed E-state index contributed by atoms with van der Waals surface area (Å²) in [5.74, 6) is 0. The summed E-state index contributed by atoms with van der Waals surface area (Å²) in [5, 5.41) is 1.05. The summed E-state index contributed by atoms with van der Waals surface area (Å²) in [6.07, 6.45) is -1.45. The van der Waals surface area contributed by atoms with Crippen LogP contribution in [0.3, 0.4) is 0 Å². The maximum Gasteiger partial charge on any atom is 0.433 e. The van der Waals surface area contributed by atoms with Crippen LogP contribution < -0.4 is 10.4 Å². The lowest BCUT2D eigenvalue weighted by Crippen LogP contribution is -2.46. The number of benzene rings is 2. The second kappa shape index (κ2) is 8.38. The van der Waals surface area contributed by atoms with Gasteiger partial charge in [-0.25, -0.2) is 15.0 Å². The molecule has 2 amide bonds. The second-order valence-electron chi connectivity index (χ2n) is 6.34. The Morgan fingerprint density at radius 1 is 0.885 bits per heavy atom. The van der Waals surface area contributed by atoms with E-state index in [0.29, 0.717) is 5.69 Å². The fourth-order valence-electron chi connectivity index (χ4n) is 2.79. The Kier molecular flexibility index (Phi) is 6.22. The van der Waals surface area contributed by atoms with Crippen LogP contribution in [0.2, 0.25) is 0 Å². The van der Waals surface area contributed by atoms with Gasteiger partial charge in [0, 0.05) is 0 Å². The van der Waals surface area contributed by atoms with Crippen molar-refractivity contribution in [2.45, 2.75) is 34.3 Å². The highest BCUT2D eigenvalue weighted by Gasteiger charge is 2.21. The summed E-state index contributed by atoms with van der Waals surface area (Å²) in [6, 6.07) is 11.5. The molecule has 0 aliphatic rings. The molecule has 0 aliphatic heterocycles. The summed E-state index contributed by atoms with van der Waals surface area (Å²) >= 11 is 0. The van der Waals surface area contributed by atoms with Crippen molar-refractivity contribution in [3.8, 4) is 0 Å². The average Bonchev–Trinajstić information content (AvgIpc) is 2.55. The van der Waals surface area contributed by atoms with E-state index in [2.05, 4.69) is 10.2 Å². The van der Waals surface area contributed by atoms with Crippen LogP contribution in [-0.2, 0) is 16.1 Å². The van der Waals surface area contributed by atoms with Crippen molar-refractivity contribution in [2.75, 3.05) is 12.1 Å². The first-order valence-electron chi connectivity index (χ1n) is 8.25. The molecule has 0 saturated carbocycles. The first-order chi connectivity index (χ1) is 12.3. The Morgan fingerprint density at radius 2 is 1.38 bits per heavy atom. The number of methoxy groups -OCH3 is 1. The molecule has 0 atom stereocenters. The predicted molar refractivity (Wildman–Crippen MR) is 100 cm³/mol. The van der Waals surface area contributed by atoms with E-state index in [1.807, 2.05) is 52.0 Å². The van der Waals surface area contributed by atoms with Gasteiger partial charge in [-0.05, 0) is 56.5 Å². The minimum absolute atomic E-state index is 0.103. The minimum Gasteiger partial charge on any atom is -0.452 e. The van der Waals surface area contributed by atoms with Gasteiger partial charge in [-0.1, -0.05) is 35.4 Å². The van der Waals surface area contributed by atoms with Crippen LogP contribution in [-0.4, -0.2) is 19.3 Å². The maximum atomic E-state index is 12.6. The fourth-order valence-corrected chi connectivity index (χ4v) is 2.79. The van der Waals surface area contributed by atoms with Gasteiger partial charge >= 0.3 is 12.2 Å². The Labute approximate surface area is 153 Å². The molecular weight excluding hydrogens is 332 g/mol. The number of amides is 2. The summed E-state index contributed by atoms with van der Waals surface area (Å²) < 4.78 is 10.0. The molecule has 0 aliphatic carbocycles. The van der Waals surface area contributed by atoms with Gasteiger partial charge in [0.2, 0.25) is 0 Å². The molecule has 1 N–H and O–H groups in total. The Balaban J connectivity index is 2.20. The zero-order valence-corrected chi connectivity index (χ0v) is 15.8. The lowest BCUT2D eigenvalue weighted by atomic mass is 10.1. The Morgan fingerprint density at radius 3 is 1.88 bits per heavy atom. The fraction of sp³-hybridized carbons (Fsp3) is 0.300. The second-order valence-corrected chi connectivity index (χ2v) is 6.34. The molecule has 0 spiro atoms. The van der Waals surface area contributed by atoms with E-state index in [-0.39, 0.29) is 6.61 Å². The van der Waals surface area contributed by atoms with Crippen LogP contribution in [0.1, 0.15) is 27.8 Å². The lowest BCUT2D eigenvalue weighted by Gasteiger charge is -2.23. The number of ether oxygens (including phenoxy) is 2. The number of hydrogen-bond acceptors (Lipinski definition) is 4. The third-order valence-electron chi connectivity index (χ3n) is 3.68. The molecule has 0 heterocycles. The van der Waals surface area contributed by atoms with Crippen molar-refractivity contribution >= 4 is 17.9 Å². The van der Waals surface area contributed by atoms with Crippen molar-refractivity contribution < 1.29 is 19.1 Å². The van der Waals surface area contributed by atoms with Crippen LogP contribution in [0, 0.1) is 27.7 Å². The van der Waals surface area contributed by atoms with Crippen molar-refractivity contribution in [1.29, 1.82) is 0 Å². The van der Waals surface area contributed by atoms with E-state index < -0.39 is 12.2 Å². The molecule has 2 aromatic carbocycles. The van der Waals surface area contributed by atoms with Gasteiger partial charge in [-0.2, -0.15) is 5.01 Å². The van der Waals surface area contributed by atoms with E-state index >= 15 is 0 Å². The number of carbonyl (C=O) groups excluding carboxylic acids is 2. The van der Waals surface area contributed by atoms with Crippen LogP contribution >= 0.6 is 0 Å². The molecule has 2 rings (SSSR count). The summed E-state index contributed by atoms with van der Waals surface area (Å²) in [4.78, 5) is 24.2. The predicted octanol–water partition coefficient (Wildman–Crippen LogP) is 4.33. The highest BCUT2D eigenvalue weighted by Crippen LogP contribution is 2.19.